The maximum Gasteiger partial charge on any atom is 0.314 e. The Labute approximate surface area is 79.4 Å². The highest BCUT2D eigenvalue weighted by Gasteiger charge is 2.18. The van der Waals surface area contributed by atoms with Crippen molar-refractivity contribution in [2.24, 2.45) is 0 Å². The molecule has 0 heterocycles. The van der Waals surface area contributed by atoms with Crippen molar-refractivity contribution in [1.82, 2.24) is 0 Å². The Kier molecular flexibility index (Phi) is 2.81. The molecule has 0 bridgehead atoms. The topological polar surface area (TPSA) is 63.4 Å². The summed E-state index contributed by atoms with van der Waals surface area (Å²) in [7, 11) is 0. The lowest BCUT2D eigenvalue weighted by atomic mass is 10.1. The molecule has 1 rings (SSSR count). The normalized spacial score (nSPS) is 9.79. The van der Waals surface area contributed by atoms with Crippen molar-refractivity contribution in [2.75, 3.05) is 0 Å². The predicted octanol–water partition coefficient (Wildman–Crippen LogP) is 2.17. The molecule has 74 valence electrons. The Balaban J connectivity index is 3.27. The van der Waals surface area contributed by atoms with Crippen LogP contribution in [0.25, 0.3) is 0 Å². The molecule has 1 aromatic carbocycles. The molecular formula is C9H8FNO3. The second-order valence-corrected chi connectivity index (χ2v) is 2.70. The maximum atomic E-state index is 12.9. The van der Waals surface area contributed by atoms with Gasteiger partial charge in [-0.1, -0.05) is 6.08 Å². The molecule has 5 heteroatoms. The van der Waals surface area contributed by atoms with Gasteiger partial charge in [-0.2, -0.15) is 0 Å². The van der Waals surface area contributed by atoms with E-state index in [1.807, 2.05) is 0 Å². The quantitative estimate of drug-likeness (QED) is 0.458. The summed E-state index contributed by atoms with van der Waals surface area (Å²) in [5, 5.41) is 19.4. The Morgan fingerprint density at radius 1 is 1.64 bits per heavy atom. The average molecular weight is 197 g/mol. The van der Waals surface area contributed by atoms with Gasteiger partial charge in [0.25, 0.3) is 0 Å². The molecule has 0 amide bonds. The van der Waals surface area contributed by atoms with Gasteiger partial charge in [0.2, 0.25) is 5.75 Å². The minimum absolute atomic E-state index is 0.317. The molecule has 0 saturated carbocycles. The number of nitrogens with zero attached hydrogens (tertiary/aromatic N) is 1. The summed E-state index contributed by atoms with van der Waals surface area (Å²) >= 11 is 0. The van der Waals surface area contributed by atoms with E-state index in [4.69, 9.17) is 5.11 Å². The van der Waals surface area contributed by atoms with Crippen molar-refractivity contribution in [2.45, 2.75) is 6.42 Å². The van der Waals surface area contributed by atoms with Gasteiger partial charge in [-0.3, -0.25) is 10.1 Å². The number of phenolic OH excluding ortho intramolecular Hbond substituents is 1. The van der Waals surface area contributed by atoms with Crippen LogP contribution in [0.1, 0.15) is 5.56 Å². The van der Waals surface area contributed by atoms with Crippen molar-refractivity contribution in [3.8, 4) is 5.75 Å². The first-order valence-electron chi connectivity index (χ1n) is 3.83. The van der Waals surface area contributed by atoms with E-state index < -0.39 is 22.2 Å². The number of nitro benzene ring substituents is 1. The minimum atomic E-state index is -0.990. The SMILES string of the molecule is C=CCc1cc(F)c(O)c([N+](=O)[O-])c1. The predicted molar refractivity (Wildman–Crippen MR) is 48.6 cm³/mol. The molecule has 1 aromatic rings. The molecule has 0 fully saturated rings. The number of nitro groups is 1. The fourth-order valence-electron chi connectivity index (χ4n) is 1.06. The molecule has 0 radical (unpaired) electrons. The van der Waals surface area contributed by atoms with Crippen LogP contribution in [0.15, 0.2) is 24.8 Å². The van der Waals surface area contributed by atoms with Gasteiger partial charge in [0.1, 0.15) is 0 Å². The van der Waals surface area contributed by atoms with Crippen LogP contribution in [-0.2, 0) is 6.42 Å². The van der Waals surface area contributed by atoms with Crippen LogP contribution in [0.4, 0.5) is 10.1 Å². The van der Waals surface area contributed by atoms with Crippen molar-refractivity contribution in [3.05, 3.63) is 46.3 Å². The molecule has 0 aromatic heterocycles. The van der Waals surface area contributed by atoms with Crippen molar-refractivity contribution >= 4 is 5.69 Å². The molecule has 0 aliphatic heterocycles. The summed E-state index contributed by atoms with van der Waals surface area (Å²) in [5.74, 6) is -1.92. The highest BCUT2D eigenvalue weighted by Crippen LogP contribution is 2.30. The van der Waals surface area contributed by atoms with Gasteiger partial charge in [-0.05, 0) is 18.1 Å². The average Bonchev–Trinajstić information content (AvgIpc) is 2.11. The zero-order valence-electron chi connectivity index (χ0n) is 7.24. The molecule has 0 unspecified atom stereocenters. The molecule has 0 aliphatic rings. The number of phenols is 1. The lowest BCUT2D eigenvalue weighted by molar-refractivity contribution is -0.386. The molecule has 0 atom stereocenters. The molecule has 4 nitrogen and oxygen atoms in total. The summed E-state index contributed by atoms with van der Waals surface area (Å²) in [6.45, 7) is 3.43. The van der Waals surface area contributed by atoms with Crippen LogP contribution < -0.4 is 0 Å². The van der Waals surface area contributed by atoms with Gasteiger partial charge in [-0.25, -0.2) is 4.39 Å². The molecular weight excluding hydrogens is 189 g/mol. The number of halogens is 1. The van der Waals surface area contributed by atoms with E-state index >= 15 is 0 Å². The first-order valence-corrected chi connectivity index (χ1v) is 3.83. The summed E-state index contributed by atoms with van der Waals surface area (Å²) in [6, 6.07) is 2.17. The Morgan fingerprint density at radius 3 is 2.79 bits per heavy atom. The third-order valence-corrected chi connectivity index (χ3v) is 1.68. The Morgan fingerprint density at radius 2 is 2.29 bits per heavy atom. The fourth-order valence-corrected chi connectivity index (χ4v) is 1.06. The largest absolute Gasteiger partial charge is 0.500 e. The second kappa shape index (κ2) is 3.87. The van der Waals surface area contributed by atoms with Crippen LogP contribution in [0.2, 0.25) is 0 Å². The van der Waals surface area contributed by atoms with Crippen LogP contribution >= 0.6 is 0 Å². The van der Waals surface area contributed by atoms with Gasteiger partial charge in [0.05, 0.1) is 4.92 Å². The lowest BCUT2D eigenvalue weighted by Gasteiger charge is -2.00. The van der Waals surface area contributed by atoms with E-state index in [1.54, 1.807) is 0 Å². The third kappa shape index (κ3) is 1.87. The Bertz CT molecular complexity index is 390. The zero-order chi connectivity index (χ0) is 10.7. The van der Waals surface area contributed by atoms with E-state index in [2.05, 4.69) is 6.58 Å². The van der Waals surface area contributed by atoms with Crippen molar-refractivity contribution in [3.63, 3.8) is 0 Å². The second-order valence-electron chi connectivity index (χ2n) is 2.70. The van der Waals surface area contributed by atoms with Gasteiger partial charge < -0.3 is 5.11 Å². The molecule has 0 saturated heterocycles. The summed E-state index contributed by atoms with van der Waals surface area (Å²) in [5.41, 5.74) is -0.219. The number of benzene rings is 1. The van der Waals surface area contributed by atoms with Crippen LogP contribution in [0, 0.1) is 15.9 Å². The smallest absolute Gasteiger partial charge is 0.314 e. The lowest BCUT2D eigenvalue weighted by Crippen LogP contribution is -1.93. The third-order valence-electron chi connectivity index (χ3n) is 1.68. The number of hydrogen-bond acceptors (Lipinski definition) is 3. The highest BCUT2D eigenvalue weighted by molar-refractivity contribution is 5.49. The number of allylic oxidation sites excluding steroid dienone is 1. The Hall–Kier alpha value is -1.91. The van der Waals surface area contributed by atoms with Gasteiger partial charge >= 0.3 is 5.69 Å². The first-order chi connectivity index (χ1) is 6.56. The van der Waals surface area contributed by atoms with E-state index in [-0.39, 0.29) is 0 Å². The van der Waals surface area contributed by atoms with Gasteiger partial charge in [0, 0.05) is 6.07 Å². The monoisotopic (exact) mass is 197 g/mol. The van der Waals surface area contributed by atoms with Gasteiger partial charge in [0.15, 0.2) is 5.82 Å². The van der Waals surface area contributed by atoms with Crippen molar-refractivity contribution < 1.29 is 14.4 Å². The summed E-state index contributed by atoms with van der Waals surface area (Å²) in [4.78, 5) is 9.56. The number of rotatable bonds is 3. The van der Waals surface area contributed by atoms with Crippen LogP contribution in [0.3, 0.4) is 0 Å². The summed E-state index contributed by atoms with van der Waals surface area (Å²) in [6.07, 6.45) is 1.81. The standard InChI is InChI=1S/C9H8FNO3/c1-2-3-6-4-7(10)9(12)8(5-6)11(13)14/h2,4-5,12H,1,3H2. The van der Waals surface area contributed by atoms with Crippen molar-refractivity contribution in [1.29, 1.82) is 0 Å². The van der Waals surface area contributed by atoms with Crippen LogP contribution in [-0.4, -0.2) is 10.0 Å². The highest BCUT2D eigenvalue weighted by atomic mass is 19.1. The fraction of sp³-hybridized carbons (Fsp3) is 0.111. The summed E-state index contributed by atoms with van der Waals surface area (Å²) < 4.78 is 12.9. The van der Waals surface area contributed by atoms with Crippen LogP contribution in [0.5, 0.6) is 5.75 Å². The maximum absolute atomic E-state index is 12.9. The molecule has 1 N–H and O–H groups in total. The van der Waals surface area contributed by atoms with E-state index in [0.717, 1.165) is 12.1 Å². The molecule has 0 aliphatic carbocycles. The number of aromatic hydroxyl groups is 1. The molecule has 14 heavy (non-hydrogen) atoms. The van der Waals surface area contributed by atoms with E-state index in [1.165, 1.54) is 6.08 Å². The van der Waals surface area contributed by atoms with Gasteiger partial charge in [-0.15, -0.1) is 6.58 Å². The minimum Gasteiger partial charge on any atom is -0.500 e. The number of hydrogen-bond donors (Lipinski definition) is 1. The zero-order valence-corrected chi connectivity index (χ0v) is 7.24. The van der Waals surface area contributed by atoms with E-state index in [0.29, 0.717) is 12.0 Å². The van der Waals surface area contributed by atoms with E-state index in [9.17, 15) is 14.5 Å². The first kappa shape index (κ1) is 10.2. The molecule has 0 spiro atoms.